The quantitative estimate of drug-likeness (QED) is 0.739. The van der Waals surface area contributed by atoms with Crippen LogP contribution in [0.1, 0.15) is 20.8 Å². The molecule has 0 saturated carbocycles. The van der Waals surface area contributed by atoms with Crippen molar-refractivity contribution in [3.63, 3.8) is 0 Å². The predicted molar refractivity (Wildman–Crippen MR) is 78.9 cm³/mol. The fourth-order valence-corrected chi connectivity index (χ4v) is 2.91. The van der Waals surface area contributed by atoms with Gasteiger partial charge in [0, 0.05) is 16.2 Å². The Hall–Kier alpha value is -0.930. The molecule has 0 saturated heterocycles. The number of halogens is 1. The molecule has 1 aromatic carbocycles. The topological polar surface area (TPSA) is 22.1 Å². The van der Waals surface area contributed by atoms with Crippen molar-refractivity contribution in [2.24, 2.45) is 0 Å². The minimum atomic E-state index is 0.114. The van der Waals surface area contributed by atoms with E-state index in [0.717, 1.165) is 26.7 Å². The van der Waals surface area contributed by atoms with Gasteiger partial charge in [0.2, 0.25) is 0 Å². The average molecular weight is 282 g/mol. The van der Waals surface area contributed by atoms with Crippen molar-refractivity contribution >= 4 is 34.3 Å². The second-order valence-corrected chi connectivity index (χ2v) is 7.29. The third-order valence-electron chi connectivity index (χ3n) is 2.35. The van der Waals surface area contributed by atoms with Crippen molar-refractivity contribution in [2.45, 2.75) is 30.5 Å². The first-order valence-electron chi connectivity index (χ1n) is 5.72. The van der Waals surface area contributed by atoms with Gasteiger partial charge in [-0.15, -0.1) is 11.8 Å². The zero-order valence-electron chi connectivity index (χ0n) is 11.0. The number of nitrogens with zero attached hydrogens (tertiary/aromatic N) is 1. The van der Waals surface area contributed by atoms with E-state index < -0.39 is 0 Å². The molecule has 0 unspecified atom stereocenters. The van der Waals surface area contributed by atoms with Gasteiger partial charge in [-0.05, 0) is 18.2 Å². The van der Waals surface area contributed by atoms with Gasteiger partial charge >= 0.3 is 0 Å². The van der Waals surface area contributed by atoms with Crippen LogP contribution in [0.3, 0.4) is 0 Å². The van der Waals surface area contributed by atoms with Crippen molar-refractivity contribution in [3.05, 3.63) is 29.3 Å². The third-order valence-corrected chi connectivity index (χ3v) is 3.70. The molecule has 18 heavy (non-hydrogen) atoms. The first-order chi connectivity index (χ1) is 8.39. The molecule has 0 aliphatic rings. The summed E-state index contributed by atoms with van der Waals surface area (Å²) in [6, 6.07) is 7.67. The summed E-state index contributed by atoms with van der Waals surface area (Å²) in [5.74, 6) is 0.795. The van der Waals surface area contributed by atoms with E-state index in [0.29, 0.717) is 0 Å². The van der Waals surface area contributed by atoms with Crippen LogP contribution >= 0.6 is 23.4 Å². The highest BCUT2D eigenvalue weighted by Crippen LogP contribution is 2.35. The Bertz CT molecular complexity index is 578. The molecule has 96 valence electrons. The highest BCUT2D eigenvalue weighted by atomic mass is 35.5. The number of aromatic nitrogens is 1. The van der Waals surface area contributed by atoms with E-state index in [4.69, 9.17) is 16.3 Å². The number of fused-ring (bicyclic) bond motifs is 1. The zero-order chi connectivity index (χ0) is 13.3. The molecule has 2 nitrogen and oxygen atoms in total. The lowest BCUT2D eigenvalue weighted by atomic mass is 10.2. The highest BCUT2D eigenvalue weighted by Gasteiger charge is 2.14. The van der Waals surface area contributed by atoms with Gasteiger partial charge in [-0.2, -0.15) is 0 Å². The van der Waals surface area contributed by atoms with Crippen LogP contribution in [0.15, 0.2) is 29.3 Å². The Morgan fingerprint density at radius 2 is 1.94 bits per heavy atom. The van der Waals surface area contributed by atoms with Gasteiger partial charge in [0.25, 0.3) is 0 Å². The van der Waals surface area contributed by atoms with Crippen LogP contribution in [-0.4, -0.2) is 16.8 Å². The summed E-state index contributed by atoms with van der Waals surface area (Å²) in [6.07, 6.45) is 0. The molecule has 4 heteroatoms. The van der Waals surface area contributed by atoms with Gasteiger partial charge < -0.3 is 4.74 Å². The first-order valence-corrected chi connectivity index (χ1v) is 6.92. The summed E-state index contributed by atoms with van der Waals surface area (Å²) >= 11 is 8.00. The fourth-order valence-electron chi connectivity index (χ4n) is 1.64. The van der Waals surface area contributed by atoms with E-state index in [9.17, 15) is 0 Å². The van der Waals surface area contributed by atoms with Gasteiger partial charge in [-0.25, -0.2) is 4.98 Å². The number of methoxy groups -OCH3 is 1. The summed E-state index contributed by atoms with van der Waals surface area (Å²) in [5, 5.41) is 2.62. The van der Waals surface area contributed by atoms with Crippen LogP contribution in [0.4, 0.5) is 0 Å². The summed E-state index contributed by atoms with van der Waals surface area (Å²) in [7, 11) is 1.65. The number of benzene rings is 1. The summed E-state index contributed by atoms with van der Waals surface area (Å²) in [5.41, 5.74) is 0.869. The molecule has 0 radical (unpaired) electrons. The molecule has 2 rings (SSSR count). The Labute approximate surface area is 117 Å². The molecule has 0 spiro atoms. The first kappa shape index (κ1) is 13.5. The number of hydrogen-bond donors (Lipinski definition) is 0. The van der Waals surface area contributed by atoms with Gasteiger partial charge in [0.1, 0.15) is 5.75 Å². The number of ether oxygens (including phenoxy) is 1. The van der Waals surface area contributed by atoms with Crippen molar-refractivity contribution in [1.29, 1.82) is 0 Å². The minimum Gasteiger partial charge on any atom is -0.497 e. The minimum absolute atomic E-state index is 0.114. The molecule has 0 fully saturated rings. The maximum Gasteiger partial charge on any atom is 0.121 e. The van der Waals surface area contributed by atoms with Crippen molar-refractivity contribution in [3.8, 4) is 5.75 Å². The Morgan fingerprint density at radius 1 is 1.22 bits per heavy atom. The largest absolute Gasteiger partial charge is 0.497 e. The summed E-state index contributed by atoms with van der Waals surface area (Å²) in [4.78, 5) is 4.63. The number of pyridine rings is 1. The lowest BCUT2D eigenvalue weighted by Crippen LogP contribution is -2.07. The molecular formula is C14H16ClNOS. The standard InChI is InChI=1S/C14H16ClNOS/c1-14(2,3)18-13-8-11(15)10-6-5-9(17-4)7-12(10)16-13/h5-8H,1-4H3. The van der Waals surface area contributed by atoms with Crippen LogP contribution in [0.5, 0.6) is 5.75 Å². The monoisotopic (exact) mass is 281 g/mol. The van der Waals surface area contributed by atoms with Crippen molar-refractivity contribution < 1.29 is 4.74 Å². The average Bonchev–Trinajstić information content (AvgIpc) is 2.25. The van der Waals surface area contributed by atoms with Crippen molar-refractivity contribution in [2.75, 3.05) is 7.11 Å². The second kappa shape index (κ2) is 4.98. The van der Waals surface area contributed by atoms with E-state index in [1.54, 1.807) is 18.9 Å². The van der Waals surface area contributed by atoms with E-state index in [-0.39, 0.29) is 4.75 Å². The Morgan fingerprint density at radius 3 is 2.56 bits per heavy atom. The van der Waals surface area contributed by atoms with E-state index >= 15 is 0 Å². The number of rotatable bonds is 2. The van der Waals surface area contributed by atoms with Crippen LogP contribution in [0, 0.1) is 0 Å². The molecule has 0 amide bonds. The highest BCUT2D eigenvalue weighted by molar-refractivity contribution is 8.00. The molecule has 2 aromatic rings. The molecule has 0 bridgehead atoms. The number of hydrogen-bond acceptors (Lipinski definition) is 3. The van der Waals surface area contributed by atoms with Crippen molar-refractivity contribution in [1.82, 2.24) is 4.98 Å². The van der Waals surface area contributed by atoms with E-state index in [2.05, 4.69) is 25.8 Å². The maximum atomic E-state index is 6.29. The van der Waals surface area contributed by atoms with Gasteiger partial charge in [-0.3, -0.25) is 0 Å². The molecule has 1 aromatic heterocycles. The van der Waals surface area contributed by atoms with Crippen LogP contribution < -0.4 is 4.74 Å². The Balaban J connectivity index is 2.52. The van der Waals surface area contributed by atoms with Gasteiger partial charge in [0.15, 0.2) is 0 Å². The third kappa shape index (κ3) is 3.09. The SMILES string of the molecule is COc1ccc2c(Cl)cc(SC(C)(C)C)nc2c1. The smallest absolute Gasteiger partial charge is 0.121 e. The molecule has 0 atom stereocenters. The van der Waals surface area contributed by atoms with Crippen LogP contribution in [0.2, 0.25) is 5.02 Å². The maximum absolute atomic E-state index is 6.29. The molecular weight excluding hydrogens is 266 g/mol. The normalized spacial score (nSPS) is 11.8. The summed E-state index contributed by atoms with van der Waals surface area (Å²) in [6.45, 7) is 6.47. The van der Waals surface area contributed by atoms with Gasteiger partial charge in [-0.1, -0.05) is 32.4 Å². The summed E-state index contributed by atoms with van der Waals surface area (Å²) < 4.78 is 5.33. The van der Waals surface area contributed by atoms with Gasteiger partial charge in [0.05, 0.1) is 22.7 Å². The lowest BCUT2D eigenvalue weighted by molar-refractivity contribution is 0.415. The van der Waals surface area contributed by atoms with E-state index in [1.807, 2.05) is 24.3 Å². The molecule has 0 N–H and O–H groups in total. The molecule has 0 aliphatic carbocycles. The van der Waals surface area contributed by atoms with E-state index in [1.165, 1.54) is 0 Å². The lowest BCUT2D eigenvalue weighted by Gasteiger charge is -2.17. The van der Waals surface area contributed by atoms with Crippen LogP contribution in [-0.2, 0) is 0 Å². The predicted octanol–water partition coefficient (Wildman–Crippen LogP) is 4.79. The van der Waals surface area contributed by atoms with Crippen LogP contribution in [0.25, 0.3) is 10.9 Å². The molecule has 1 heterocycles. The zero-order valence-corrected chi connectivity index (χ0v) is 12.5. The Kier molecular flexibility index (Phi) is 3.74. The fraction of sp³-hybridized carbons (Fsp3) is 0.357. The molecule has 0 aliphatic heterocycles. The second-order valence-electron chi connectivity index (χ2n) is 5.04. The number of thioether (sulfide) groups is 1.